The van der Waals surface area contributed by atoms with Gasteiger partial charge in [0.25, 0.3) is 5.91 Å². The Hall–Kier alpha value is -1.46. The van der Waals surface area contributed by atoms with Gasteiger partial charge >= 0.3 is 0 Å². The molecule has 0 aliphatic carbocycles. The van der Waals surface area contributed by atoms with E-state index in [1.165, 1.54) is 12.1 Å². The maximum absolute atomic E-state index is 12.2. The number of halogens is 1. The van der Waals surface area contributed by atoms with Gasteiger partial charge in [-0.25, -0.2) is 0 Å². The van der Waals surface area contributed by atoms with Crippen molar-refractivity contribution in [3.05, 3.63) is 22.7 Å². The van der Waals surface area contributed by atoms with Crippen LogP contribution in [0.5, 0.6) is 11.5 Å². The number of carbonyl (C=O) groups is 1. The van der Waals surface area contributed by atoms with Crippen LogP contribution in [0.4, 0.5) is 0 Å². The molecule has 2 rings (SSSR count). The lowest BCUT2D eigenvalue weighted by molar-refractivity contribution is 0.0664. The molecular formula is C12H15ClN2O3. The minimum absolute atomic E-state index is 0.0982. The molecule has 1 saturated heterocycles. The highest BCUT2D eigenvalue weighted by atomic mass is 35.5. The Morgan fingerprint density at radius 1 is 1.22 bits per heavy atom. The molecule has 0 bridgehead atoms. The van der Waals surface area contributed by atoms with Gasteiger partial charge in [-0.3, -0.25) is 4.79 Å². The molecule has 0 unspecified atom stereocenters. The zero-order valence-corrected chi connectivity index (χ0v) is 10.8. The summed E-state index contributed by atoms with van der Waals surface area (Å²) in [6, 6.07) is 2.70. The van der Waals surface area contributed by atoms with Crippen LogP contribution in [-0.4, -0.2) is 59.1 Å². The molecule has 0 radical (unpaired) electrons. The van der Waals surface area contributed by atoms with E-state index in [-0.39, 0.29) is 22.2 Å². The number of amides is 1. The first kappa shape index (κ1) is 13.0. The quantitative estimate of drug-likeness (QED) is 0.751. The number of aromatic hydroxyl groups is 2. The molecule has 0 aromatic heterocycles. The predicted octanol–water partition coefficient (Wildman–Crippen LogP) is 1.14. The van der Waals surface area contributed by atoms with Crippen LogP contribution in [0.2, 0.25) is 5.02 Å². The fourth-order valence-electron chi connectivity index (χ4n) is 1.90. The average molecular weight is 271 g/mol. The van der Waals surface area contributed by atoms with Gasteiger partial charge in [0, 0.05) is 26.2 Å². The van der Waals surface area contributed by atoms with Crippen molar-refractivity contribution in [2.45, 2.75) is 0 Å². The number of hydrogen-bond donors (Lipinski definition) is 2. The van der Waals surface area contributed by atoms with Gasteiger partial charge in [-0.15, -0.1) is 0 Å². The van der Waals surface area contributed by atoms with E-state index in [9.17, 15) is 15.0 Å². The van der Waals surface area contributed by atoms with E-state index < -0.39 is 5.75 Å². The Kier molecular flexibility index (Phi) is 3.63. The van der Waals surface area contributed by atoms with E-state index in [1.54, 1.807) is 4.90 Å². The first-order chi connectivity index (χ1) is 8.50. The van der Waals surface area contributed by atoms with E-state index in [0.717, 1.165) is 13.1 Å². The van der Waals surface area contributed by atoms with Crippen LogP contribution in [0.15, 0.2) is 12.1 Å². The Bertz CT molecular complexity index is 471. The third-order valence-electron chi connectivity index (χ3n) is 3.12. The highest BCUT2D eigenvalue weighted by molar-refractivity contribution is 6.35. The summed E-state index contributed by atoms with van der Waals surface area (Å²) >= 11 is 5.87. The normalized spacial score (nSPS) is 16.9. The van der Waals surface area contributed by atoms with Gasteiger partial charge in [0.2, 0.25) is 0 Å². The van der Waals surface area contributed by atoms with Crippen LogP contribution in [-0.2, 0) is 0 Å². The predicted molar refractivity (Wildman–Crippen MR) is 68.2 cm³/mol. The largest absolute Gasteiger partial charge is 0.504 e. The molecule has 6 heteroatoms. The van der Waals surface area contributed by atoms with Crippen LogP contribution in [0.3, 0.4) is 0 Å². The van der Waals surface area contributed by atoms with Crippen LogP contribution in [0, 0.1) is 0 Å². The highest BCUT2D eigenvalue weighted by Gasteiger charge is 2.24. The summed E-state index contributed by atoms with van der Waals surface area (Å²) in [5, 5.41) is 18.7. The Morgan fingerprint density at radius 2 is 1.83 bits per heavy atom. The lowest BCUT2D eigenvalue weighted by Gasteiger charge is -2.32. The first-order valence-electron chi connectivity index (χ1n) is 5.69. The number of phenols is 2. The molecule has 18 heavy (non-hydrogen) atoms. The molecule has 2 N–H and O–H groups in total. The number of nitrogens with zero attached hydrogens (tertiary/aromatic N) is 2. The summed E-state index contributed by atoms with van der Waals surface area (Å²) in [7, 11) is 2.00. The zero-order chi connectivity index (χ0) is 13.3. The topological polar surface area (TPSA) is 64.0 Å². The number of piperazine rings is 1. The molecular weight excluding hydrogens is 256 g/mol. The maximum Gasteiger partial charge on any atom is 0.255 e. The van der Waals surface area contributed by atoms with E-state index in [2.05, 4.69) is 4.90 Å². The number of carbonyl (C=O) groups excluding carboxylic acids is 1. The monoisotopic (exact) mass is 270 g/mol. The van der Waals surface area contributed by atoms with Crippen molar-refractivity contribution < 1.29 is 15.0 Å². The number of benzene rings is 1. The fraction of sp³-hybridized carbons (Fsp3) is 0.417. The van der Waals surface area contributed by atoms with Crippen LogP contribution in [0.25, 0.3) is 0 Å². The van der Waals surface area contributed by atoms with Crippen molar-refractivity contribution in [1.82, 2.24) is 9.80 Å². The molecule has 0 spiro atoms. The third kappa shape index (κ3) is 2.37. The van der Waals surface area contributed by atoms with Gasteiger partial charge < -0.3 is 20.0 Å². The molecule has 1 aliphatic rings. The molecule has 1 aromatic rings. The molecule has 98 valence electrons. The second kappa shape index (κ2) is 5.04. The summed E-state index contributed by atoms with van der Waals surface area (Å²) in [4.78, 5) is 16.1. The molecule has 1 heterocycles. The van der Waals surface area contributed by atoms with Crippen molar-refractivity contribution in [3.63, 3.8) is 0 Å². The van der Waals surface area contributed by atoms with Crippen LogP contribution in [0.1, 0.15) is 10.4 Å². The number of phenolic OH excluding ortho intramolecular Hbond substituents is 2. The smallest absolute Gasteiger partial charge is 0.255 e. The molecule has 1 fully saturated rings. The van der Waals surface area contributed by atoms with E-state index in [1.807, 2.05) is 7.05 Å². The van der Waals surface area contributed by atoms with Gasteiger partial charge in [-0.1, -0.05) is 11.6 Å². The number of hydrogen-bond acceptors (Lipinski definition) is 4. The lowest BCUT2D eigenvalue weighted by atomic mass is 10.1. The standard InChI is InChI=1S/C12H15ClN2O3/c1-14-4-6-15(7-5-14)12(18)8-2-3-9(16)11(17)10(8)13/h2-3,16-17H,4-7H2,1H3. The Balaban J connectivity index is 2.21. The van der Waals surface area contributed by atoms with Crippen molar-refractivity contribution in [2.75, 3.05) is 33.2 Å². The lowest BCUT2D eigenvalue weighted by Crippen LogP contribution is -2.47. The first-order valence-corrected chi connectivity index (χ1v) is 6.06. The van der Waals surface area contributed by atoms with Gasteiger partial charge in [0.05, 0.1) is 10.6 Å². The average Bonchev–Trinajstić information content (AvgIpc) is 2.36. The molecule has 1 aromatic carbocycles. The van der Waals surface area contributed by atoms with Crippen LogP contribution >= 0.6 is 11.6 Å². The molecule has 0 saturated carbocycles. The minimum Gasteiger partial charge on any atom is -0.504 e. The molecule has 1 amide bonds. The highest BCUT2D eigenvalue weighted by Crippen LogP contribution is 2.35. The SMILES string of the molecule is CN1CCN(C(=O)c2ccc(O)c(O)c2Cl)CC1. The maximum atomic E-state index is 12.2. The number of rotatable bonds is 1. The van der Waals surface area contributed by atoms with Crippen molar-refractivity contribution in [3.8, 4) is 11.5 Å². The second-order valence-corrected chi connectivity index (χ2v) is 4.77. The molecule has 0 atom stereocenters. The summed E-state index contributed by atoms with van der Waals surface area (Å²) in [5.41, 5.74) is 0.219. The Morgan fingerprint density at radius 3 is 2.44 bits per heavy atom. The van der Waals surface area contributed by atoms with Gasteiger partial charge in [-0.05, 0) is 19.2 Å². The van der Waals surface area contributed by atoms with Gasteiger partial charge in [0.15, 0.2) is 11.5 Å². The second-order valence-electron chi connectivity index (χ2n) is 4.39. The van der Waals surface area contributed by atoms with Gasteiger partial charge in [0.1, 0.15) is 0 Å². The Labute approximate surface area is 110 Å². The van der Waals surface area contributed by atoms with E-state index in [4.69, 9.17) is 11.6 Å². The van der Waals surface area contributed by atoms with Gasteiger partial charge in [-0.2, -0.15) is 0 Å². The van der Waals surface area contributed by atoms with Crippen molar-refractivity contribution >= 4 is 17.5 Å². The summed E-state index contributed by atoms with van der Waals surface area (Å²) in [6.07, 6.45) is 0. The fourth-order valence-corrected chi connectivity index (χ4v) is 2.14. The van der Waals surface area contributed by atoms with E-state index >= 15 is 0 Å². The third-order valence-corrected chi connectivity index (χ3v) is 3.50. The molecule has 1 aliphatic heterocycles. The summed E-state index contributed by atoms with van der Waals surface area (Å²) in [6.45, 7) is 2.89. The van der Waals surface area contributed by atoms with Crippen molar-refractivity contribution in [2.24, 2.45) is 0 Å². The van der Waals surface area contributed by atoms with Crippen LogP contribution < -0.4 is 0 Å². The zero-order valence-electron chi connectivity index (χ0n) is 10.1. The molecule has 5 nitrogen and oxygen atoms in total. The minimum atomic E-state index is -0.448. The van der Waals surface area contributed by atoms with E-state index in [0.29, 0.717) is 13.1 Å². The number of likely N-dealkylation sites (N-methyl/N-ethyl adjacent to an activating group) is 1. The summed E-state index contributed by atoms with van der Waals surface area (Å²) < 4.78 is 0. The van der Waals surface area contributed by atoms with Crippen molar-refractivity contribution in [1.29, 1.82) is 0 Å². The summed E-state index contributed by atoms with van der Waals surface area (Å²) in [5.74, 6) is -0.991.